The Labute approximate surface area is 300 Å². The van der Waals surface area contributed by atoms with Crippen LogP contribution in [-0.4, -0.2) is 4.57 Å². The summed E-state index contributed by atoms with van der Waals surface area (Å²) in [5, 5.41) is 4.89. The third-order valence-electron chi connectivity index (χ3n) is 11.9. The molecule has 2 heterocycles. The number of furan rings is 1. The van der Waals surface area contributed by atoms with Gasteiger partial charge in [0.1, 0.15) is 11.2 Å². The van der Waals surface area contributed by atoms with E-state index in [2.05, 4.69) is 181 Å². The molecule has 242 valence electrons. The summed E-state index contributed by atoms with van der Waals surface area (Å²) in [6.45, 7) is 2.14. The first-order chi connectivity index (χ1) is 25.7. The molecule has 0 radical (unpaired) electrons. The van der Waals surface area contributed by atoms with Crippen molar-refractivity contribution in [3.05, 3.63) is 198 Å². The van der Waals surface area contributed by atoms with Crippen LogP contribution in [0.1, 0.15) is 27.8 Å². The maximum atomic E-state index is 6.47. The van der Waals surface area contributed by atoms with E-state index in [1.807, 2.05) is 0 Å². The van der Waals surface area contributed by atoms with E-state index < -0.39 is 5.41 Å². The van der Waals surface area contributed by atoms with Gasteiger partial charge >= 0.3 is 0 Å². The van der Waals surface area contributed by atoms with E-state index in [1.54, 1.807) is 0 Å². The van der Waals surface area contributed by atoms with Crippen molar-refractivity contribution < 1.29 is 4.42 Å². The maximum Gasteiger partial charge on any atom is 0.136 e. The average Bonchev–Trinajstić information content (AvgIpc) is 3.91. The fourth-order valence-corrected chi connectivity index (χ4v) is 9.75. The minimum atomic E-state index is -0.474. The maximum absolute atomic E-state index is 6.47. The molecule has 0 fully saturated rings. The Morgan fingerprint density at radius 1 is 0.442 bits per heavy atom. The highest BCUT2D eigenvalue weighted by Gasteiger charge is 2.52. The van der Waals surface area contributed by atoms with Crippen LogP contribution in [0, 0.1) is 6.92 Å². The van der Waals surface area contributed by atoms with Gasteiger partial charge in [0.25, 0.3) is 0 Å². The number of fused-ring (bicyclic) bond motifs is 17. The van der Waals surface area contributed by atoms with Crippen LogP contribution in [0.25, 0.3) is 82.8 Å². The molecule has 0 N–H and O–H groups in total. The highest BCUT2D eigenvalue weighted by molar-refractivity contribution is 6.16. The van der Waals surface area contributed by atoms with Crippen LogP contribution in [0.5, 0.6) is 0 Å². The number of benzene rings is 8. The van der Waals surface area contributed by atoms with Crippen molar-refractivity contribution in [1.29, 1.82) is 0 Å². The van der Waals surface area contributed by atoms with Crippen molar-refractivity contribution in [2.75, 3.05) is 0 Å². The van der Waals surface area contributed by atoms with E-state index in [0.29, 0.717) is 0 Å². The number of aromatic nitrogens is 1. The van der Waals surface area contributed by atoms with Crippen molar-refractivity contribution in [1.82, 2.24) is 4.57 Å². The molecule has 0 saturated heterocycles. The zero-order valence-corrected chi connectivity index (χ0v) is 28.5. The van der Waals surface area contributed by atoms with E-state index >= 15 is 0 Å². The Kier molecular flexibility index (Phi) is 5.40. The van der Waals surface area contributed by atoms with E-state index in [0.717, 1.165) is 16.6 Å². The number of aryl methyl sites for hydroxylation is 1. The predicted molar refractivity (Wildman–Crippen MR) is 215 cm³/mol. The van der Waals surface area contributed by atoms with Gasteiger partial charge in [-0.3, -0.25) is 0 Å². The van der Waals surface area contributed by atoms with Crippen LogP contribution in [0.2, 0.25) is 0 Å². The van der Waals surface area contributed by atoms with Crippen molar-refractivity contribution >= 4 is 43.7 Å². The van der Waals surface area contributed by atoms with Gasteiger partial charge in [-0.15, -0.1) is 0 Å². The van der Waals surface area contributed by atoms with E-state index in [4.69, 9.17) is 4.42 Å². The number of hydrogen-bond acceptors (Lipinski definition) is 1. The number of hydrogen-bond donors (Lipinski definition) is 0. The topological polar surface area (TPSA) is 18.1 Å². The minimum Gasteiger partial charge on any atom is -0.456 e. The lowest BCUT2D eigenvalue weighted by molar-refractivity contribution is 0.668. The summed E-state index contributed by atoms with van der Waals surface area (Å²) in [5.74, 6) is 0. The fraction of sp³-hybridized carbons (Fsp3) is 0.0400. The van der Waals surface area contributed by atoms with Gasteiger partial charge < -0.3 is 8.98 Å². The molecule has 1 atom stereocenters. The Hall–Kier alpha value is -6.64. The second-order valence-electron chi connectivity index (χ2n) is 14.5. The van der Waals surface area contributed by atoms with Gasteiger partial charge in [0.05, 0.1) is 16.4 Å². The molecule has 2 aliphatic carbocycles. The molecule has 2 nitrogen and oxygen atoms in total. The summed E-state index contributed by atoms with van der Waals surface area (Å²) < 4.78 is 8.94. The summed E-state index contributed by atoms with van der Waals surface area (Å²) in [6.07, 6.45) is 0. The molecular formula is C50H31NO. The predicted octanol–water partition coefficient (Wildman–Crippen LogP) is 13.0. The Morgan fingerprint density at radius 3 is 1.98 bits per heavy atom. The van der Waals surface area contributed by atoms with Gasteiger partial charge in [-0.1, -0.05) is 133 Å². The first-order valence-electron chi connectivity index (χ1n) is 18.1. The second kappa shape index (κ2) is 9.99. The molecule has 1 unspecified atom stereocenters. The highest BCUT2D eigenvalue weighted by atomic mass is 16.3. The third-order valence-corrected chi connectivity index (χ3v) is 11.9. The first-order valence-corrected chi connectivity index (χ1v) is 18.1. The zero-order valence-electron chi connectivity index (χ0n) is 28.5. The van der Waals surface area contributed by atoms with Crippen LogP contribution >= 0.6 is 0 Å². The van der Waals surface area contributed by atoms with Gasteiger partial charge in [-0.05, 0) is 105 Å². The quantitative estimate of drug-likeness (QED) is 0.180. The molecule has 2 aliphatic rings. The van der Waals surface area contributed by atoms with E-state index in [-0.39, 0.29) is 0 Å². The molecule has 10 aromatic rings. The Bertz CT molecular complexity index is 3140. The second-order valence-corrected chi connectivity index (χ2v) is 14.5. The molecule has 12 rings (SSSR count). The number of para-hydroxylation sites is 2. The lowest BCUT2D eigenvalue weighted by Crippen LogP contribution is -2.26. The molecule has 2 heteroatoms. The van der Waals surface area contributed by atoms with Crippen molar-refractivity contribution in [2.24, 2.45) is 0 Å². The summed E-state index contributed by atoms with van der Waals surface area (Å²) in [6, 6.07) is 62.9. The number of nitrogens with zero attached hydrogens (tertiary/aromatic N) is 1. The summed E-state index contributed by atoms with van der Waals surface area (Å²) in [7, 11) is 0. The molecule has 52 heavy (non-hydrogen) atoms. The van der Waals surface area contributed by atoms with Crippen LogP contribution in [0.15, 0.2) is 174 Å². The van der Waals surface area contributed by atoms with Gasteiger partial charge in [0.15, 0.2) is 0 Å². The lowest BCUT2D eigenvalue weighted by atomic mass is 9.70. The Morgan fingerprint density at radius 2 is 1.12 bits per heavy atom. The fourth-order valence-electron chi connectivity index (χ4n) is 9.75. The summed E-state index contributed by atoms with van der Waals surface area (Å²) in [5.41, 5.74) is 19.2. The van der Waals surface area contributed by atoms with Crippen LogP contribution in [-0.2, 0) is 5.41 Å². The zero-order chi connectivity index (χ0) is 34.1. The van der Waals surface area contributed by atoms with Crippen molar-refractivity contribution in [3.8, 4) is 39.1 Å². The van der Waals surface area contributed by atoms with Gasteiger partial charge in [0, 0.05) is 27.2 Å². The third kappa shape index (κ3) is 3.44. The monoisotopic (exact) mass is 661 g/mol. The van der Waals surface area contributed by atoms with E-state index in [9.17, 15) is 0 Å². The first kappa shape index (κ1) is 28.1. The molecule has 2 aromatic heterocycles. The smallest absolute Gasteiger partial charge is 0.136 e. The lowest BCUT2D eigenvalue weighted by Gasteiger charge is -2.30. The van der Waals surface area contributed by atoms with Gasteiger partial charge in [-0.2, -0.15) is 0 Å². The standard InChI is InChI=1S/C50H31NO/c1-30-18-20-31(21-19-30)32-22-26-45-39(28-32)36-11-4-8-16-44(36)51(45)33-23-24-35-34-10-2-6-14-40(34)50(43(35)29-33)41-15-7-3-12-37(41)48-42(50)25-27-47-49(48)38-13-5-9-17-46(38)52-47/h2-29H,1H3. The molecule has 1 spiro atoms. The van der Waals surface area contributed by atoms with Crippen LogP contribution in [0.3, 0.4) is 0 Å². The minimum absolute atomic E-state index is 0.474. The number of rotatable bonds is 2. The average molecular weight is 662 g/mol. The molecule has 8 aromatic carbocycles. The SMILES string of the molecule is Cc1ccc(-c2ccc3c(c2)c2ccccc2n3-c2ccc3c(c2)C2(c4ccccc4-3)c3ccccc3-c3c2ccc2oc4ccccc4c32)cc1. The summed E-state index contributed by atoms with van der Waals surface area (Å²) in [4.78, 5) is 0. The molecule has 0 amide bonds. The van der Waals surface area contributed by atoms with Crippen LogP contribution in [0.4, 0.5) is 0 Å². The van der Waals surface area contributed by atoms with Gasteiger partial charge in [-0.25, -0.2) is 0 Å². The summed E-state index contributed by atoms with van der Waals surface area (Å²) >= 11 is 0. The Balaban J connectivity index is 1.16. The molecule has 0 aliphatic heterocycles. The normalized spacial score (nSPS) is 15.5. The van der Waals surface area contributed by atoms with Crippen molar-refractivity contribution in [3.63, 3.8) is 0 Å². The molecular weight excluding hydrogens is 631 g/mol. The molecule has 0 bridgehead atoms. The van der Waals surface area contributed by atoms with Gasteiger partial charge in [0.2, 0.25) is 0 Å². The molecule has 0 saturated carbocycles. The largest absolute Gasteiger partial charge is 0.456 e. The highest BCUT2D eigenvalue weighted by Crippen LogP contribution is 2.64. The van der Waals surface area contributed by atoms with Crippen LogP contribution < -0.4 is 0 Å². The van der Waals surface area contributed by atoms with E-state index in [1.165, 1.54) is 94.1 Å². The van der Waals surface area contributed by atoms with Crippen molar-refractivity contribution in [2.45, 2.75) is 12.3 Å².